The number of allylic oxidation sites excluding steroid dienone is 19. The number of carbonyl (C=O) groups is 2. The van der Waals surface area contributed by atoms with Crippen molar-refractivity contribution in [2.75, 3.05) is 40.9 Å². The molecule has 3 atom stereocenters. The van der Waals surface area contributed by atoms with Crippen LogP contribution in [0.1, 0.15) is 290 Å². The van der Waals surface area contributed by atoms with Gasteiger partial charge in [-0.2, -0.15) is 0 Å². The molecule has 0 bridgehead atoms. The zero-order valence-electron chi connectivity index (χ0n) is 55.8. The van der Waals surface area contributed by atoms with Crippen molar-refractivity contribution in [3.63, 3.8) is 0 Å². The predicted octanol–water partition coefficient (Wildman–Crippen LogP) is 22.2. The van der Waals surface area contributed by atoms with Crippen molar-refractivity contribution in [1.29, 1.82) is 0 Å². The Morgan fingerprint density at radius 3 is 1.16 bits per heavy atom. The van der Waals surface area contributed by atoms with E-state index in [9.17, 15) is 19.0 Å². The average molecular weight is 1200 g/mol. The summed E-state index contributed by atoms with van der Waals surface area (Å²) in [6.07, 6.45) is 89.3. The number of hydrogen-bond donors (Lipinski definition) is 2. The molecule has 0 spiro atoms. The van der Waals surface area contributed by atoms with Crippen LogP contribution in [0.15, 0.2) is 122 Å². The van der Waals surface area contributed by atoms with Gasteiger partial charge in [-0.3, -0.25) is 18.6 Å². The number of carbonyl (C=O) groups excluding carboxylic acids is 2. The van der Waals surface area contributed by atoms with E-state index in [1.54, 1.807) is 0 Å². The van der Waals surface area contributed by atoms with Gasteiger partial charge in [0.2, 0.25) is 5.91 Å². The SMILES string of the molecule is CC/C=C\C/C=C\C/C=C\C/C=C\C/C=C\C/C=C\CCCCC(=O)OC(/C=C\CCCCCCCCCCC)C(COP(=O)(O)OCC[N+](C)(C)C)NC(=O)CCCCCCCCCCCCCCCC/C=C\C/C=C\C/C=C\CCCCC. The lowest BCUT2D eigenvalue weighted by Gasteiger charge is -2.27. The number of phosphoric ester groups is 1. The molecule has 0 aromatic heterocycles. The van der Waals surface area contributed by atoms with E-state index in [0.717, 1.165) is 103 Å². The van der Waals surface area contributed by atoms with Crippen LogP contribution in [0.4, 0.5) is 0 Å². The first-order valence-corrected chi connectivity index (χ1v) is 36.4. The number of amides is 1. The molecule has 0 aliphatic heterocycles. The van der Waals surface area contributed by atoms with Crippen LogP contribution in [-0.2, 0) is 27.9 Å². The molecule has 9 nitrogen and oxygen atoms in total. The maximum absolute atomic E-state index is 13.6. The van der Waals surface area contributed by atoms with Gasteiger partial charge in [0.05, 0.1) is 33.8 Å². The van der Waals surface area contributed by atoms with Crippen LogP contribution < -0.4 is 5.32 Å². The molecular weight excluding hydrogens is 1070 g/mol. The van der Waals surface area contributed by atoms with Crippen molar-refractivity contribution in [2.45, 2.75) is 303 Å². The summed E-state index contributed by atoms with van der Waals surface area (Å²) in [7, 11) is 1.46. The third-order valence-electron chi connectivity index (χ3n) is 14.9. The van der Waals surface area contributed by atoms with E-state index in [0.29, 0.717) is 23.9 Å². The summed E-state index contributed by atoms with van der Waals surface area (Å²) in [5, 5.41) is 3.05. The number of nitrogens with zero attached hydrogens (tertiary/aromatic N) is 1. The second-order valence-electron chi connectivity index (χ2n) is 24.3. The van der Waals surface area contributed by atoms with Crippen molar-refractivity contribution in [3.8, 4) is 0 Å². The number of phosphoric acid groups is 1. The van der Waals surface area contributed by atoms with Gasteiger partial charge < -0.3 is 19.4 Å². The summed E-state index contributed by atoms with van der Waals surface area (Å²) < 4.78 is 30.7. The fourth-order valence-corrected chi connectivity index (χ4v) is 10.3. The van der Waals surface area contributed by atoms with E-state index in [1.807, 2.05) is 33.3 Å². The van der Waals surface area contributed by atoms with Gasteiger partial charge in [0, 0.05) is 12.8 Å². The number of esters is 1. The van der Waals surface area contributed by atoms with Crippen LogP contribution in [0.3, 0.4) is 0 Å². The molecule has 0 radical (unpaired) electrons. The zero-order chi connectivity index (χ0) is 62.1. The van der Waals surface area contributed by atoms with Gasteiger partial charge in [-0.05, 0) is 122 Å². The van der Waals surface area contributed by atoms with E-state index >= 15 is 0 Å². The van der Waals surface area contributed by atoms with Gasteiger partial charge in [-0.1, -0.05) is 277 Å². The van der Waals surface area contributed by atoms with Crippen LogP contribution in [0.25, 0.3) is 0 Å². The normalized spacial score (nSPS) is 14.3. The molecule has 0 aliphatic rings. The minimum Gasteiger partial charge on any atom is -0.456 e. The Hall–Kier alpha value is -3.59. The van der Waals surface area contributed by atoms with Crippen molar-refractivity contribution >= 4 is 19.7 Å². The number of unbranched alkanes of at least 4 members (excludes halogenated alkanes) is 28. The standard InChI is InChI=1S/C75H131N2O7P/c1-7-10-13-16-19-22-25-27-29-31-33-35-36-37-38-39-40-42-43-45-47-49-52-55-58-61-64-67-74(78)76-72(71-83-85(80,81)82-70-69-77(4,5)6)73(66-63-60-57-54-51-24-21-18-15-12-9-3)84-75(79)68-65-62-59-56-53-50-48-46-44-41-34-32-30-28-26-23-20-17-14-11-8-2/h11,14,19-20,22-23,27-30,33-35,41,46,48,53,56,63,66,72-73H,7-10,12-13,15-18,21,24-26,31-32,36-40,42-45,47,49-52,54-55,57-62,64-65,67-71H2,1-6H3,(H-,76,78,80,81)/p+1/b14-11-,22-19-,23-20-,29-27-,30-28-,35-33-,41-34-,48-46-,56-53-,66-63-. The van der Waals surface area contributed by atoms with Gasteiger partial charge in [0.15, 0.2) is 0 Å². The van der Waals surface area contributed by atoms with E-state index in [1.165, 1.54) is 148 Å². The van der Waals surface area contributed by atoms with Crippen molar-refractivity contribution in [1.82, 2.24) is 5.32 Å². The van der Waals surface area contributed by atoms with E-state index < -0.39 is 20.0 Å². The van der Waals surface area contributed by atoms with Gasteiger partial charge in [-0.25, -0.2) is 4.57 Å². The Morgan fingerprint density at radius 2 is 0.753 bits per heavy atom. The van der Waals surface area contributed by atoms with E-state index in [2.05, 4.69) is 135 Å². The number of nitrogens with one attached hydrogen (secondary N) is 1. The molecule has 0 aromatic carbocycles. The average Bonchev–Trinajstić information content (AvgIpc) is 3.63. The fraction of sp³-hybridized carbons (Fsp3) is 0.707. The number of hydrogen-bond acceptors (Lipinski definition) is 6. The summed E-state index contributed by atoms with van der Waals surface area (Å²) in [6, 6.07) is -0.875. The predicted molar refractivity (Wildman–Crippen MR) is 369 cm³/mol. The highest BCUT2D eigenvalue weighted by molar-refractivity contribution is 7.47. The largest absolute Gasteiger partial charge is 0.472 e. The van der Waals surface area contributed by atoms with Crippen LogP contribution in [0.5, 0.6) is 0 Å². The third kappa shape index (κ3) is 64.7. The van der Waals surface area contributed by atoms with Crippen LogP contribution >= 0.6 is 7.82 Å². The van der Waals surface area contributed by atoms with Gasteiger partial charge in [-0.15, -0.1) is 0 Å². The Morgan fingerprint density at radius 1 is 0.424 bits per heavy atom. The first kappa shape index (κ1) is 81.4. The highest BCUT2D eigenvalue weighted by atomic mass is 31.2. The first-order chi connectivity index (χ1) is 41.4. The monoisotopic (exact) mass is 1200 g/mol. The van der Waals surface area contributed by atoms with Crippen LogP contribution in [0, 0.1) is 0 Å². The minimum absolute atomic E-state index is 0.0275. The molecule has 3 unspecified atom stereocenters. The lowest BCUT2D eigenvalue weighted by atomic mass is 10.0. The summed E-state index contributed by atoms with van der Waals surface area (Å²) in [6.45, 7) is 6.84. The first-order valence-electron chi connectivity index (χ1n) is 34.9. The van der Waals surface area contributed by atoms with E-state index in [4.69, 9.17) is 13.8 Å². The molecule has 2 N–H and O–H groups in total. The molecule has 1 amide bonds. The lowest BCUT2D eigenvalue weighted by molar-refractivity contribution is -0.870. The zero-order valence-corrected chi connectivity index (χ0v) is 56.7. The summed E-state index contributed by atoms with van der Waals surface area (Å²) in [4.78, 5) is 37.8. The summed E-state index contributed by atoms with van der Waals surface area (Å²) >= 11 is 0. The Bertz CT molecular complexity index is 1870. The van der Waals surface area contributed by atoms with Crippen LogP contribution in [-0.4, -0.2) is 74.3 Å². The molecule has 0 fully saturated rings. The maximum atomic E-state index is 13.6. The number of ether oxygens (including phenoxy) is 1. The molecule has 10 heteroatoms. The Labute approximate surface area is 524 Å². The highest BCUT2D eigenvalue weighted by Gasteiger charge is 2.30. The molecule has 0 saturated heterocycles. The molecule has 85 heavy (non-hydrogen) atoms. The summed E-state index contributed by atoms with van der Waals surface area (Å²) in [5.74, 6) is -0.559. The number of likely N-dealkylation sites (N-methyl/N-ethyl adjacent to an activating group) is 1. The van der Waals surface area contributed by atoms with E-state index in [-0.39, 0.29) is 31.5 Å². The topological polar surface area (TPSA) is 111 Å². The molecule has 0 saturated carbocycles. The number of quaternary nitrogens is 1. The third-order valence-corrected chi connectivity index (χ3v) is 15.9. The molecule has 0 aromatic rings. The molecule has 488 valence electrons. The Balaban J connectivity index is 5.10. The highest BCUT2D eigenvalue weighted by Crippen LogP contribution is 2.43. The maximum Gasteiger partial charge on any atom is 0.472 e. The molecule has 0 rings (SSSR count). The van der Waals surface area contributed by atoms with Gasteiger partial charge in [0.1, 0.15) is 19.3 Å². The number of rotatable bonds is 62. The quantitative estimate of drug-likeness (QED) is 0.0205. The second-order valence-corrected chi connectivity index (χ2v) is 25.8. The van der Waals surface area contributed by atoms with Gasteiger partial charge >= 0.3 is 13.8 Å². The molecular formula is C75H132N2O7P+. The smallest absolute Gasteiger partial charge is 0.456 e. The summed E-state index contributed by atoms with van der Waals surface area (Å²) in [5.41, 5.74) is 0. The van der Waals surface area contributed by atoms with Crippen molar-refractivity contribution in [2.24, 2.45) is 0 Å². The minimum atomic E-state index is -4.47. The van der Waals surface area contributed by atoms with Crippen molar-refractivity contribution in [3.05, 3.63) is 122 Å². The Kier molecular flexibility index (Phi) is 60.8. The van der Waals surface area contributed by atoms with Crippen molar-refractivity contribution < 1.29 is 37.3 Å². The van der Waals surface area contributed by atoms with Gasteiger partial charge in [0.25, 0.3) is 0 Å². The molecule has 0 aliphatic carbocycles. The second kappa shape index (κ2) is 63.4. The van der Waals surface area contributed by atoms with Crippen LogP contribution in [0.2, 0.25) is 0 Å². The fourth-order valence-electron chi connectivity index (χ4n) is 9.54. The lowest BCUT2D eigenvalue weighted by Crippen LogP contribution is -2.47. The molecule has 0 heterocycles.